The molecule has 1 saturated heterocycles. The lowest BCUT2D eigenvalue weighted by Crippen LogP contribution is -2.28. The Balaban J connectivity index is 1.55. The van der Waals surface area contributed by atoms with Gasteiger partial charge in [0, 0.05) is 24.3 Å². The van der Waals surface area contributed by atoms with E-state index in [-0.39, 0.29) is 10.8 Å². The molecule has 1 fully saturated rings. The van der Waals surface area contributed by atoms with Crippen molar-refractivity contribution < 1.29 is 13.2 Å². The Morgan fingerprint density at radius 2 is 1.57 bits per heavy atom. The Morgan fingerprint density at radius 1 is 0.867 bits per heavy atom. The standard InChI is InChI=1S/C24H24N2O3S/c27-24(21-12-8-13-22(18-21)30(28,29)26-15-6-7-16-26)25-23-14-5-4-11-20(23)17-19-9-2-1-3-10-19/h1-5,8-14,18H,6-7,15-17H2,(H,25,27). The minimum Gasteiger partial charge on any atom is -0.322 e. The molecule has 0 radical (unpaired) electrons. The maximum Gasteiger partial charge on any atom is 0.255 e. The molecule has 1 N–H and O–H groups in total. The van der Waals surface area contributed by atoms with E-state index in [9.17, 15) is 13.2 Å². The van der Waals surface area contributed by atoms with Crippen molar-refractivity contribution in [2.45, 2.75) is 24.2 Å². The van der Waals surface area contributed by atoms with Gasteiger partial charge in [-0.3, -0.25) is 4.79 Å². The number of carbonyl (C=O) groups excluding carboxylic acids is 1. The Morgan fingerprint density at radius 3 is 2.33 bits per heavy atom. The molecule has 0 saturated carbocycles. The maximum atomic E-state index is 12.9. The van der Waals surface area contributed by atoms with E-state index in [1.165, 1.54) is 10.4 Å². The highest BCUT2D eigenvalue weighted by atomic mass is 32.2. The second-order valence-electron chi connectivity index (χ2n) is 7.41. The van der Waals surface area contributed by atoms with Crippen LogP contribution < -0.4 is 5.32 Å². The smallest absolute Gasteiger partial charge is 0.255 e. The first-order valence-corrected chi connectivity index (χ1v) is 11.5. The van der Waals surface area contributed by atoms with E-state index < -0.39 is 10.0 Å². The summed E-state index contributed by atoms with van der Waals surface area (Å²) < 4.78 is 27.1. The molecule has 5 nitrogen and oxygen atoms in total. The number of para-hydroxylation sites is 1. The van der Waals surface area contributed by atoms with E-state index in [1.807, 2.05) is 54.6 Å². The van der Waals surface area contributed by atoms with Crippen LogP contribution in [0.3, 0.4) is 0 Å². The van der Waals surface area contributed by atoms with Crippen molar-refractivity contribution in [3.05, 3.63) is 95.6 Å². The van der Waals surface area contributed by atoms with Gasteiger partial charge in [-0.25, -0.2) is 8.42 Å². The number of sulfonamides is 1. The summed E-state index contributed by atoms with van der Waals surface area (Å²) in [7, 11) is -3.56. The first-order chi connectivity index (χ1) is 14.5. The van der Waals surface area contributed by atoms with E-state index in [0.717, 1.165) is 29.7 Å². The summed E-state index contributed by atoms with van der Waals surface area (Å²) in [4.78, 5) is 13.1. The molecule has 1 aliphatic heterocycles. The van der Waals surface area contributed by atoms with Crippen LogP contribution in [0.4, 0.5) is 5.69 Å². The largest absolute Gasteiger partial charge is 0.322 e. The molecule has 0 bridgehead atoms. The molecular formula is C24H24N2O3S. The quantitative estimate of drug-likeness (QED) is 0.646. The molecular weight excluding hydrogens is 396 g/mol. The number of nitrogens with zero attached hydrogens (tertiary/aromatic N) is 1. The number of hydrogen-bond acceptors (Lipinski definition) is 3. The maximum absolute atomic E-state index is 12.9. The number of amides is 1. The highest BCUT2D eigenvalue weighted by molar-refractivity contribution is 7.89. The normalized spacial score (nSPS) is 14.5. The lowest BCUT2D eigenvalue weighted by molar-refractivity contribution is 0.102. The monoisotopic (exact) mass is 420 g/mol. The summed E-state index contributed by atoms with van der Waals surface area (Å²) in [6, 6.07) is 24.0. The van der Waals surface area contributed by atoms with E-state index in [2.05, 4.69) is 5.32 Å². The fourth-order valence-electron chi connectivity index (χ4n) is 3.68. The van der Waals surface area contributed by atoms with Crippen LogP contribution in [-0.4, -0.2) is 31.7 Å². The summed E-state index contributed by atoms with van der Waals surface area (Å²) in [5.74, 6) is -0.325. The number of nitrogens with one attached hydrogen (secondary N) is 1. The Bertz CT molecular complexity index is 1140. The van der Waals surface area contributed by atoms with Gasteiger partial charge < -0.3 is 5.32 Å². The van der Waals surface area contributed by atoms with Gasteiger partial charge in [0.1, 0.15) is 0 Å². The average Bonchev–Trinajstić information content (AvgIpc) is 3.32. The molecule has 3 aromatic carbocycles. The molecule has 1 amide bonds. The van der Waals surface area contributed by atoms with Gasteiger partial charge >= 0.3 is 0 Å². The zero-order chi connectivity index (χ0) is 21.0. The van der Waals surface area contributed by atoms with E-state index >= 15 is 0 Å². The molecule has 1 heterocycles. The molecule has 0 aromatic heterocycles. The SMILES string of the molecule is O=C(Nc1ccccc1Cc1ccccc1)c1cccc(S(=O)(=O)N2CCCC2)c1. The van der Waals surface area contributed by atoms with E-state index in [0.29, 0.717) is 25.1 Å². The van der Waals surface area contributed by atoms with Crippen molar-refractivity contribution >= 4 is 21.6 Å². The Hall–Kier alpha value is -2.96. The number of rotatable bonds is 6. The van der Waals surface area contributed by atoms with Crippen molar-refractivity contribution in [1.29, 1.82) is 0 Å². The highest BCUT2D eigenvalue weighted by Gasteiger charge is 2.27. The molecule has 6 heteroatoms. The molecule has 0 spiro atoms. The van der Waals surface area contributed by atoms with Crippen molar-refractivity contribution in [1.82, 2.24) is 4.31 Å². The molecule has 3 aromatic rings. The minimum atomic E-state index is -3.56. The predicted octanol–water partition coefficient (Wildman–Crippen LogP) is 4.31. The van der Waals surface area contributed by atoms with Crippen molar-refractivity contribution in [3.63, 3.8) is 0 Å². The molecule has 1 aliphatic rings. The summed E-state index contributed by atoms with van der Waals surface area (Å²) in [6.45, 7) is 1.07. The van der Waals surface area contributed by atoms with Gasteiger partial charge in [-0.05, 0) is 54.7 Å². The molecule has 0 atom stereocenters. The summed E-state index contributed by atoms with van der Waals surface area (Å²) in [5, 5.41) is 2.95. The van der Waals surface area contributed by atoms with Gasteiger partial charge in [0.05, 0.1) is 4.90 Å². The zero-order valence-corrected chi connectivity index (χ0v) is 17.4. The lowest BCUT2D eigenvalue weighted by atomic mass is 10.0. The van der Waals surface area contributed by atoms with Crippen LogP contribution in [0, 0.1) is 0 Å². The lowest BCUT2D eigenvalue weighted by Gasteiger charge is -2.16. The van der Waals surface area contributed by atoms with Gasteiger partial charge in [-0.1, -0.05) is 54.6 Å². The van der Waals surface area contributed by atoms with Crippen LogP contribution in [0.2, 0.25) is 0 Å². The van der Waals surface area contributed by atoms with Crippen LogP contribution in [0.5, 0.6) is 0 Å². The molecule has 30 heavy (non-hydrogen) atoms. The number of anilines is 1. The second-order valence-corrected chi connectivity index (χ2v) is 9.35. The topological polar surface area (TPSA) is 66.5 Å². The molecule has 0 aliphatic carbocycles. The van der Waals surface area contributed by atoms with Crippen LogP contribution >= 0.6 is 0 Å². The van der Waals surface area contributed by atoms with Gasteiger partial charge in [0.2, 0.25) is 10.0 Å². The van der Waals surface area contributed by atoms with Crippen LogP contribution in [0.1, 0.15) is 34.3 Å². The van der Waals surface area contributed by atoms with Crippen LogP contribution in [0.25, 0.3) is 0 Å². The van der Waals surface area contributed by atoms with Crippen molar-refractivity contribution in [2.75, 3.05) is 18.4 Å². The Kier molecular flexibility index (Phi) is 5.97. The molecule has 4 rings (SSSR count). The van der Waals surface area contributed by atoms with E-state index in [1.54, 1.807) is 18.2 Å². The summed E-state index contributed by atoms with van der Waals surface area (Å²) in [5.41, 5.74) is 3.19. The Labute approximate surface area is 177 Å². The minimum absolute atomic E-state index is 0.162. The van der Waals surface area contributed by atoms with Gasteiger partial charge in [-0.15, -0.1) is 0 Å². The van der Waals surface area contributed by atoms with Gasteiger partial charge in [0.15, 0.2) is 0 Å². The second kappa shape index (κ2) is 8.81. The third-order valence-electron chi connectivity index (χ3n) is 5.30. The fourth-order valence-corrected chi connectivity index (χ4v) is 5.25. The number of carbonyl (C=O) groups is 1. The van der Waals surface area contributed by atoms with Crippen LogP contribution in [-0.2, 0) is 16.4 Å². The third kappa shape index (κ3) is 4.45. The van der Waals surface area contributed by atoms with Gasteiger partial charge in [0.25, 0.3) is 5.91 Å². The average molecular weight is 421 g/mol. The first kappa shape index (κ1) is 20.3. The molecule has 0 unspecified atom stereocenters. The highest BCUT2D eigenvalue weighted by Crippen LogP contribution is 2.23. The number of benzene rings is 3. The van der Waals surface area contributed by atoms with E-state index in [4.69, 9.17) is 0 Å². The fraction of sp³-hybridized carbons (Fsp3) is 0.208. The third-order valence-corrected chi connectivity index (χ3v) is 7.20. The number of hydrogen-bond donors (Lipinski definition) is 1. The molecule has 154 valence electrons. The van der Waals surface area contributed by atoms with Crippen molar-refractivity contribution in [3.8, 4) is 0 Å². The van der Waals surface area contributed by atoms with Gasteiger partial charge in [-0.2, -0.15) is 4.31 Å². The zero-order valence-electron chi connectivity index (χ0n) is 16.6. The van der Waals surface area contributed by atoms with Crippen LogP contribution in [0.15, 0.2) is 83.8 Å². The summed E-state index contributed by atoms with van der Waals surface area (Å²) in [6.07, 6.45) is 2.44. The predicted molar refractivity (Wildman–Crippen MR) is 118 cm³/mol. The van der Waals surface area contributed by atoms with Crippen molar-refractivity contribution in [2.24, 2.45) is 0 Å². The first-order valence-electron chi connectivity index (χ1n) is 10.1. The summed E-state index contributed by atoms with van der Waals surface area (Å²) >= 11 is 0.